The number of amides is 1. The average Bonchev–Trinajstić information content (AvgIpc) is 2.34. The predicted molar refractivity (Wildman–Crippen MR) is 89.0 cm³/mol. The van der Waals surface area contributed by atoms with Crippen molar-refractivity contribution in [3.63, 3.8) is 0 Å². The molecule has 11 heteroatoms. The maximum absolute atomic E-state index is 11.5. The fraction of sp³-hybridized carbons (Fsp3) is 0.900. The van der Waals surface area contributed by atoms with Crippen molar-refractivity contribution in [1.29, 1.82) is 0 Å². The molecule has 0 bridgehead atoms. The largest absolute Gasteiger partial charge is 0.345 e. The fourth-order valence-electron chi connectivity index (χ4n) is 2.10. The predicted octanol–water partition coefficient (Wildman–Crippen LogP) is 0.144. The van der Waals surface area contributed by atoms with Gasteiger partial charge in [0.15, 0.2) is 13.0 Å². The van der Waals surface area contributed by atoms with Crippen LogP contribution >= 0.6 is 13.0 Å². The molecule has 0 aromatic heterocycles. The lowest BCUT2D eigenvalue weighted by atomic mass is 9.81. The second kappa shape index (κ2) is 7.43. The smallest absolute Gasteiger partial charge is 0.236 e. The minimum atomic E-state index is -3.57. The van der Waals surface area contributed by atoms with Crippen LogP contribution in [0.2, 0.25) is 0 Å². The summed E-state index contributed by atoms with van der Waals surface area (Å²) in [5, 5.41) is 0. The Bertz CT molecular complexity index is 476. The molecule has 0 aliphatic carbocycles. The number of rotatable bonds is 6. The zero-order chi connectivity index (χ0) is 16.3. The number of piperidine rings is 1. The summed E-state index contributed by atoms with van der Waals surface area (Å²) >= 11 is 9.37. The van der Waals surface area contributed by atoms with Gasteiger partial charge >= 0.3 is 0 Å². The fourth-order valence-corrected chi connectivity index (χ4v) is 8.48. The molecule has 7 nitrogen and oxygen atoms in total. The molecule has 5 N–H and O–H groups in total. The first-order valence-corrected chi connectivity index (χ1v) is 12.2. The van der Waals surface area contributed by atoms with Crippen LogP contribution in [0.4, 0.5) is 0 Å². The van der Waals surface area contributed by atoms with Gasteiger partial charge in [-0.2, -0.15) is 0 Å². The summed E-state index contributed by atoms with van der Waals surface area (Å²) in [6, 6.07) is 0. The van der Waals surface area contributed by atoms with Crippen LogP contribution in [0.25, 0.3) is 0 Å². The van der Waals surface area contributed by atoms with Gasteiger partial charge in [0.1, 0.15) is 0 Å². The van der Waals surface area contributed by atoms with Crippen molar-refractivity contribution in [2.45, 2.75) is 19.8 Å². The molecule has 1 unspecified atom stereocenters. The van der Waals surface area contributed by atoms with Crippen molar-refractivity contribution in [1.82, 2.24) is 4.90 Å². The molecule has 0 saturated carbocycles. The molecule has 0 radical (unpaired) electrons. The maximum Gasteiger partial charge on any atom is 0.236 e. The summed E-state index contributed by atoms with van der Waals surface area (Å²) in [5.41, 5.74) is 5.12. The van der Waals surface area contributed by atoms with Gasteiger partial charge in [-0.3, -0.25) is 4.79 Å². The Hall–Kier alpha value is 0.570. The van der Waals surface area contributed by atoms with Crippen LogP contribution in [0.5, 0.6) is 0 Å². The highest BCUT2D eigenvalue weighted by Crippen LogP contribution is 2.56. The molecule has 1 saturated heterocycles. The molecule has 1 aliphatic heterocycles. The van der Waals surface area contributed by atoms with Crippen molar-refractivity contribution in [3.8, 4) is 0 Å². The van der Waals surface area contributed by atoms with Crippen LogP contribution < -0.4 is 5.73 Å². The van der Waals surface area contributed by atoms with Gasteiger partial charge in [0.25, 0.3) is 0 Å². The topological polar surface area (TPSA) is 116 Å². The number of nitrogens with two attached hydrogens (primary N) is 1. The molecule has 0 aromatic carbocycles. The molecule has 0 spiro atoms. The van der Waals surface area contributed by atoms with E-state index in [0.717, 1.165) is 0 Å². The Labute approximate surface area is 134 Å². The monoisotopic (exact) mass is 376 g/mol. The van der Waals surface area contributed by atoms with E-state index in [9.17, 15) is 19.5 Å². The zero-order valence-electron chi connectivity index (χ0n) is 11.8. The van der Waals surface area contributed by atoms with Crippen LogP contribution in [0.3, 0.4) is 0 Å². The van der Waals surface area contributed by atoms with E-state index in [-0.39, 0.29) is 24.5 Å². The standard InChI is InChI=1S/C10H22N2O5P2S2/c1-10(2-4-12(5-3-10)9(13)6-11)7-17-19(16,21)8-18(14,15)20/h2-8,11H2,1H3,(H,16,21)(H2,14,15,20). The van der Waals surface area contributed by atoms with Crippen LogP contribution in [-0.4, -0.2) is 57.6 Å². The van der Waals surface area contributed by atoms with Crippen LogP contribution in [0.1, 0.15) is 19.8 Å². The highest BCUT2D eigenvalue weighted by atomic mass is 32.5. The summed E-state index contributed by atoms with van der Waals surface area (Å²) in [6.07, 6.45) is 1.42. The lowest BCUT2D eigenvalue weighted by molar-refractivity contribution is -0.132. The Morgan fingerprint density at radius 1 is 1.33 bits per heavy atom. The molecule has 1 heterocycles. The van der Waals surface area contributed by atoms with Gasteiger partial charge in [-0.25, -0.2) is 0 Å². The summed E-state index contributed by atoms with van der Waals surface area (Å²) in [7, 11) is 0. The summed E-state index contributed by atoms with van der Waals surface area (Å²) in [5.74, 6) is -0.523. The van der Waals surface area contributed by atoms with Crippen molar-refractivity contribution in [2.24, 2.45) is 11.1 Å². The molecule has 1 fully saturated rings. The van der Waals surface area contributed by atoms with Gasteiger partial charge in [-0.05, 0) is 41.9 Å². The summed E-state index contributed by atoms with van der Waals surface area (Å²) in [4.78, 5) is 41.6. The van der Waals surface area contributed by atoms with Crippen LogP contribution in [-0.2, 0) is 32.9 Å². The lowest BCUT2D eigenvalue weighted by Gasteiger charge is -2.39. The third-order valence-electron chi connectivity index (χ3n) is 3.48. The number of hydrogen-bond acceptors (Lipinski definition) is 5. The molecule has 124 valence electrons. The van der Waals surface area contributed by atoms with E-state index >= 15 is 0 Å². The maximum atomic E-state index is 11.5. The molecule has 1 rings (SSSR count). The minimum absolute atomic E-state index is 0.00226. The molecule has 21 heavy (non-hydrogen) atoms. The third kappa shape index (κ3) is 7.12. The Balaban J connectivity index is 2.51. The van der Waals surface area contributed by atoms with E-state index in [2.05, 4.69) is 11.8 Å². The second-order valence-corrected chi connectivity index (χ2v) is 13.1. The van der Waals surface area contributed by atoms with Gasteiger partial charge in [0.05, 0.1) is 19.1 Å². The molecule has 0 aromatic rings. The van der Waals surface area contributed by atoms with Gasteiger partial charge in [-0.1, -0.05) is 6.92 Å². The minimum Gasteiger partial charge on any atom is -0.345 e. The SMILES string of the molecule is CC1(COP(O)(=S)CP(O)(O)=S)CCN(C(=O)CN)CC1. The first-order chi connectivity index (χ1) is 9.46. The number of carbonyl (C=O) groups excluding carboxylic acids is 1. The lowest BCUT2D eigenvalue weighted by Crippen LogP contribution is -2.45. The molecule has 1 atom stereocenters. The first kappa shape index (κ1) is 19.6. The van der Waals surface area contributed by atoms with E-state index < -0.39 is 18.9 Å². The Morgan fingerprint density at radius 2 is 1.86 bits per heavy atom. The van der Waals surface area contributed by atoms with E-state index in [1.54, 1.807) is 4.90 Å². The van der Waals surface area contributed by atoms with E-state index in [4.69, 9.17) is 22.1 Å². The zero-order valence-corrected chi connectivity index (χ0v) is 15.3. The number of likely N-dealkylation sites (tertiary alicyclic amines) is 1. The van der Waals surface area contributed by atoms with Crippen molar-refractivity contribution in [3.05, 3.63) is 0 Å². The van der Waals surface area contributed by atoms with Crippen LogP contribution in [0.15, 0.2) is 0 Å². The van der Waals surface area contributed by atoms with Gasteiger partial charge in [-0.15, -0.1) is 0 Å². The Kier molecular flexibility index (Phi) is 6.94. The molecular weight excluding hydrogens is 354 g/mol. The highest BCUT2D eigenvalue weighted by Gasteiger charge is 2.34. The van der Waals surface area contributed by atoms with Crippen molar-refractivity contribution < 1.29 is 24.0 Å². The quantitative estimate of drug-likeness (QED) is 0.484. The highest BCUT2D eigenvalue weighted by molar-refractivity contribution is 8.18. The third-order valence-corrected chi connectivity index (χ3v) is 9.31. The molecule has 1 amide bonds. The summed E-state index contributed by atoms with van der Waals surface area (Å²) in [6.45, 7) is -3.49. The second-order valence-electron chi connectivity index (χ2n) is 5.61. The number of nitrogens with zero attached hydrogens (tertiary/aromatic N) is 1. The molecule has 1 aliphatic rings. The van der Waals surface area contributed by atoms with Gasteiger partial charge in [0.2, 0.25) is 5.91 Å². The summed E-state index contributed by atoms with van der Waals surface area (Å²) < 4.78 is 5.36. The number of hydrogen-bond donors (Lipinski definition) is 4. The van der Waals surface area contributed by atoms with Crippen molar-refractivity contribution in [2.75, 3.05) is 32.1 Å². The van der Waals surface area contributed by atoms with Crippen LogP contribution in [0, 0.1) is 5.41 Å². The number of carbonyl (C=O) groups is 1. The normalized spacial score (nSPS) is 21.9. The van der Waals surface area contributed by atoms with Gasteiger partial charge < -0.3 is 29.8 Å². The van der Waals surface area contributed by atoms with Gasteiger partial charge in [0, 0.05) is 13.1 Å². The van der Waals surface area contributed by atoms with E-state index in [1.165, 1.54) is 0 Å². The van der Waals surface area contributed by atoms with E-state index in [0.29, 0.717) is 25.9 Å². The molecular formula is C10H22N2O5P2S2. The Morgan fingerprint density at radius 3 is 2.29 bits per heavy atom. The first-order valence-electron chi connectivity index (χ1n) is 6.45. The van der Waals surface area contributed by atoms with Crippen molar-refractivity contribution >= 4 is 42.5 Å². The average molecular weight is 376 g/mol. The van der Waals surface area contributed by atoms with E-state index in [1.807, 2.05) is 6.92 Å².